The number of aliphatic hydroxyl groups is 3. The fourth-order valence-electron chi connectivity index (χ4n) is 5.20. The Hall–Kier alpha value is -0.970. The molecule has 4 nitrogen and oxygen atoms in total. The summed E-state index contributed by atoms with van der Waals surface area (Å²) in [4.78, 5) is 12.4. The summed E-state index contributed by atoms with van der Waals surface area (Å²) in [5.41, 5.74) is -1.85. The van der Waals surface area contributed by atoms with E-state index in [0.717, 1.165) is 12.8 Å². The molecule has 3 N–H and O–H groups in total. The molecule has 0 aliphatic heterocycles. The van der Waals surface area contributed by atoms with Gasteiger partial charge in [-0.2, -0.15) is 0 Å². The minimum absolute atomic E-state index is 0.0153. The highest BCUT2D eigenvalue weighted by atomic mass is 16.3. The van der Waals surface area contributed by atoms with E-state index in [1.807, 2.05) is 13.8 Å². The lowest BCUT2D eigenvalue weighted by Crippen LogP contribution is -2.56. The van der Waals surface area contributed by atoms with Crippen molar-refractivity contribution in [1.29, 1.82) is 0 Å². The molecule has 4 atom stereocenters. The highest BCUT2D eigenvalue weighted by molar-refractivity contribution is 6.06. The molecular weight excluding hydrogens is 304 g/mol. The van der Waals surface area contributed by atoms with Crippen molar-refractivity contribution >= 4 is 5.78 Å². The highest BCUT2D eigenvalue weighted by Crippen LogP contribution is 2.55. The van der Waals surface area contributed by atoms with Crippen molar-refractivity contribution in [1.82, 2.24) is 0 Å². The Kier molecular flexibility index (Phi) is 4.10. The maximum atomic E-state index is 12.4. The number of hydrogen-bond acceptors (Lipinski definition) is 4. The number of allylic oxidation sites excluding steroid dienone is 2. The number of carbonyl (C=O) groups is 1. The second kappa shape index (κ2) is 5.52. The predicted molar refractivity (Wildman–Crippen MR) is 92.3 cm³/mol. The maximum absolute atomic E-state index is 12.4. The molecule has 4 heteroatoms. The second-order valence-electron chi connectivity index (χ2n) is 8.97. The van der Waals surface area contributed by atoms with E-state index in [1.54, 1.807) is 6.08 Å². The van der Waals surface area contributed by atoms with Crippen LogP contribution in [-0.4, -0.2) is 38.4 Å². The first-order valence-corrected chi connectivity index (χ1v) is 9.13. The van der Waals surface area contributed by atoms with Crippen LogP contribution in [0.15, 0.2) is 23.3 Å². The first-order chi connectivity index (χ1) is 11.0. The average Bonchev–Trinajstić information content (AvgIpc) is 2.54. The summed E-state index contributed by atoms with van der Waals surface area (Å²) in [7, 11) is 0. The van der Waals surface area contributed by atoms with E-state index in [9.17, 15) is 20.1 Å². The Bertz CT molecular complexity index is 615. The first kappa shape index (κ1) is 17.8. The van der Waals surface area contributed by atoms with Gasteiger partial charge in [-0.25, -0.2) is 0 Å². The van der Waals surface area contributed by atoms with Crippen LogP contribution in [0.4, 0.5) is 0 Å². The Labute approximate surface area is 144 Å². The van der Waals surface area contributed by atoms with Gasteiger partial charge in [0.2, 0.25) is 0 Å². The summed E-state index contributed by atoms with van der Waals surface area (Å²) in [5, 5.41) is 33.6. The highest BCUT2D eigenvalue weighted by Gasteiger charge is 2.58. The van der Waals surface area contributed by atoms with Crippen LogP contribution < -0.4 is 0 Å². The van der Waals surface area contributed by atoms with Gasteiger partial charge in [0, 0.05) is 11.1 Å². The van der Waals surface area contributed by atoms with E-state index in [-0.39, 0.29) is 28.6 Å². The molecule has 0 bridgehead atoms. The normalized spacial score (nSPS) is 41.9. The fourth-order valence-corrected chi connectivity index (χ4v) is 5.20. The molecule has 0 unspecified atom stereocenters. The molecule has 24 heavy (non-hydrogen) atoms. The monoisotopic (exact) mass is 334 g/mol. The van der Waals surface area contributed by atoms with Crippen molar-refractivity contribution in [2.75, 3.05) is 0 Å². The summed E-state index contributed by atoms with van der Waals surface area (Å²) in [6, 6.07) is 0. The number of aliphatic hydroxyl groups excluding tert-OH is 1. The lowest BCUT2D eigenvalue weighted by Gasteiger charge is -2.51. The summed E-state index contributed by atoms with van der Waals surface area (Å²) in [6.45, 7) is 8.11. The third-order valence-electron chi connectivity index (χ3n) is 6.61. The van der Waals surface area contributed by atoms with Crippen LogP contribution in [0.5, 0.6) is 0 Å². The van der Waals surface area contributed by atoms with Crippen molar-refractivity contribution in [3.05, 3.63) is 23.3 Å². The standard InChI is InChI=1S/C20H30O4/c1-12(2)13-11-19(23)9-6-16-18(3,4)7-5-8-20(16,24)17(22)14(19)10-15(13)21/h10-12,16-17,22-24H,5-9H2,1-4H3/t16-,17+,19-,20-/m1/s1. The molecule has 3 aliphatic carbocycles. The molecule has 0 aromatic rings. The molecule has 134 valence electrons. The van der Waals surface area contributed by atoms with Gasteiger partial charge in [-0.1, -0.05) is 27.7 Å². The van der Waals surface area contributed by atoms with E-state index >= 15 is 0 Å². The number of hydrogen-bond donors (Lipinski definition) is 3. The zero-order chi connectivity index (χ0) is 17.9. The molecule has 0 aromatic carbocycles. The molecule has 0 heterocycles. The van der Waals surface area contributed by atoms with E-state index in [1.165, 1.54) is 6.08 Å². The van der Waals surface area contributed by atoms with Crippen LogP contribution in [0.25, 0.3) is 0 Å². The Balaban J connectivity index is 2.09. The van der Waals surface area contributed by atoms with Gasteiger partial charge in [0.25, 0.3) is 0 Å². The molecule has 0 radical (unpaired) electrons. The lowest BCUT2D eigenvalue weighted by molar-refractivity contribution is -0.155. The first-order valence-electron chi connectivity index (χ1n) is 9.13. The minimum Gasteiger partial charge on any atom is -0.387 e. The summed E-state index contributed by atoms with van der Waals surface area (Å²) < 4.78 is 0. The van der Waals surface area contributed by atoms with E-state index in [0.29, 0.717) is 24.8 Å². The summed E-state index contributed by atoms with van der Waals surface area (Å²) >= 11 is 0. The Morgan fingerprint density at radius 2 is 1.83 bits per heavy atom. The van der Waals surface area contributed by atoms with Gasteiger partial charge in [-0.3, -0.25) is 4.79 Å². The van der Waals surface area contributed by atoms with Crippen LogP contribution in [0.2, 0.25) is 0 Å². The molecule has 3 aliphatic rings. The van der Waals surface area contributed by atoms with Crippen LogP contribution in [0.1, 0.15) is 59.8 Å². The zero-order valence-electron chi connectivity index (χ0n) is 15.2. The maximum Gasteiger partial charge on any atom is 0.182 e. The van der Waals surface area contributed by atoms with Gasteiger partial charge in [-0.05, 0) is 61.5 Å². The Morgan fingerprint density at radius 3 is 2.46 bits per heavy atom. The van der Waals surface area contributed by atoms with Gasteiger partial charge in [-0.15, -0.1) is 0 Å². The van der Waals surface area contributed by atoms with Gasteiger partial charge >= 0.3 is 0 Å². The van der Waals surface area contributed by atoms with E-state index < -0.39 is 17.3 Å². The fraction of sp³-hybridized carbons (Fsp3) is 0.750. The van der Waals surface area contributed by atoms with Crippen molar-refractivity contribution in [2.45, 2.75) is 77.1 Å². The largest absolute Gasteiger partial charge is 0.387 e. The van der Waals surface area contributed by atoms with Crippen LogP contribution in [-0.2, 0) is 4.79 Å². The third kappa shape index (κ3) is 2.51. The topological polar surface area (TPSA) is 77.8 Å². The quantitative estimate of drug-likeness (QED) is 0.688. The van der Waals surface area contributed by atoms with Gasteiger partial charge in [0.15, 0.2) is 5.78 Å². The van der Waals surface area contributed by atoms with Gasteiger partial charge < -0.3 is 15.3 Å². The molecular formula is C20H30O4. The number of fused-ring (bicyclic) bond motifs is 2. The summed E-state index contributed by atoms with van der Waals surface area (Å²) in [6.07, 6.45) is 5.20. The molecule has 2 saturated carbocycles. The molecule has 0 spiro atoms. The van der Waals surface area contributed by atoms with Crippen molar-refractivity contribution in [2.24, 2.45) is 17.3 Å². The Morgan fingerprint density at radius 1 is 1.17 bits per heavy atom. The predicted octanol–water partition coefficient (Wildman–Crippen LogP) is 2.52. The smallest absolute Gasteiger partial charge is 0.182 e. The SMILES string of the molecule is CC(C)C1=C[C@]2(O)CC[C@@H]3C(C)(C)CCC[C@]3(O)[C@@H](O)C2=CC1=O. The van der Waals surface area contributed by atoms with Crippen molar-refractivity contribution < 1.29 is 20.1 Å². The van der Waals surface area contributed by atoms with Crippen LogP contribution in [0.3, 0.4) is 0 Å². The van der Waals surface area contributed by atoms with Crippen molar-refractivity contribution in [3.8, 4) is 0 Å². The van der Waals surface area contributed by atoms with Crippen molar-refractivity contribution in [3.63, 3.8) is 0 Å². The number of ketones is 1. The molecule has 0 saturated heterocycles. The van der Waals surface area contributed by atoms with Gasteiger partial charge in [0.05, 0.1) is 5.60 Å². The van der Waals surface area contributed by atoms with Crippen LogP contribution in [0, 0.1) is 17.3 Å². The van der Waals surface area contributed by atoms with Gasteiger partial charge in [0.1, 0.15) is 11.7 Å². The number of rotatable bonds is 1. The van der Waals surface area contributed by atoms with E-state index in [2.05, 4.69) is 13.8 Å². The zero-order valence-corrected chi connectivity index (χ0v) is 15.2. The summed E-state index contributed by atoms with van der Waals surface area (Å²) in [5.74, 6) is -0.252. The number of carbonyl (C=O) groups excluding carboxylic acids is 1. The molecule has 3 rings (SSSR count). The lowest BCUT2D eigenvalue weighted by atomic mass is 9.58. The third-order valence-corrected chi connectivity index (χ3v) is 6.61. The molecule has 0 aromatic heterocycles. The minimum atomic E-state index is -1.34. The van der Waals surface area contributed by atoms with Crippen LogP contribution >= 0.6 is 0 Å². The molecule has 2 fully saturated rings. The molecule has 0 amide bonds. The van der Waals surface area contributed by atoms with E-state index in [4.69, 9.17) is 0 Å². The average molecular weight is 334 g/mol. The second-order valence-corrected chi connectivity index (χ2v) is 8.97.